The molecular weight excluding hydrogens is 356 g/mol. The third-order valence-corrected chi connectivity index (χ3v) is 4.53. The molecule has 0 fully saturated rings. The van der Waals surface area contributed by atoms with E-state index in [9.17, 15) is 13.5 Å². The predicted molar refractivity (Wildman–Crippen MR) is 96.8 cm³/mol. The number of benzene rings is 2. The Bertz CT molecular complexity index is 1010. The molecule has 0 bridgehead atoms. The molecule has 2 aromatic carbocycles. The highest BCUT2D eigenvalue weighted by Crippen LogP contribution is 2.39. The van der Waals surface area contributed by atoms with Crippen LogP contribution < -0.4 is 15.2 Å². The topological polar surface area (TPSA) is 115 Å². The minimum absolute atomic E-state index is 0.217. The standard InChI is InChI=1S/C18H18N2O5S/c1-12-9-15(21)18(17(10-12)26(19,22)23)25-16-7-3-2-6-14(16)20-11-13-5-4-8-24-13/h2-10,20-21H,11H2,1H3,(H2,19,22,23). The lowest BCUT2D eigenvalue weighted by molar-refractivity contribution is 0.402. The van der Waals surface area contributed by atoms with Gasteiger partial charge in [-0.05, 0) is 48.9 Å². The molecule has 8 heteroatoms. The molecule has 0 aliphatic carbocycles. The molecular formula is C18H18N2O5S. The number of hydrogen-bond donors (Lipinski definition) is 3. The summed E-state index contributed by atoms with van der Waals surface area (Å²) >= 11 is 0. The maximum absolute atomic E-state index is 11.9. The largest absolute Gasteiger partial charge is 0.504 e. The van der Waals surface area contributed by atoms with Crippen molar-refractivity contribution in [1.29, 1.82) is 0 Å². The highest BCUT2D eigenvalue weighted by molar-refractivity contribution is 7.89. The zero-order chi connectivity index (χ0) is 18.7. The second-order valence-corrected chi connectivity index (χ2v) is 7.22. The molecule has 0 spiro atoms. The molecule has 0 radical (unpaired) electrons. The average molecular weight is 374 g/mol. The number of hydrogen-bond acceptors (Lipinski definition) is 6. The Kier molecular flexibility index (Phi) is 4.88. The molecule has 3 rings (SSSR count). The van der Waals surface area contributed by atoms with Crippen LogP contribution in [0.1, 0.15) is 11.3 Å². The van der Waals surface area contributed by atoms with Crippen LogP contribution in [0.2, 0.25) is 0 Å². The van der Waals surface area contributed by atoms with Crippen molar-refractivity contribution in [2.75, 3.05) is 5.32 Å². The zero-order valence-electron chi connectivity index (χ0n) is 14.0. The van der Waals surface area contributed by atoms with E-state index in [4.69, 9.17) is 14.3 Å². The van der Waals surface area contributed by atoms with Crippen molar-refractivity contribution in [3.05, 3.63) is 66.1 Å². The minimum Gasteiger partial charge on any atom is -0.504 e. The molecule has 4 N–H and O–H groups in total. The summed E-state index contributed by atoms with van der Waals surface area (Å²) in [5.41, 5.74) is 1.15. The van der Waals surface area contributed by atoms with Crippen LogP contribution in [0.15, 0.2) is 64.1 Å². The highest BCUT2D eigenvalue weighted by atomic mass is 32.2. The van der Waals surface area contributed by atoms with Gasteiger partial charge in [0.2, 0.25) is 10.0 Å². The molecule has 136 valence electrons. The Hall–Kier alpha value is -2.97. The van der Waals surface area contributed by atoms with Gasteiger partial charge in [-0.3, -0.25) is 0 Å². The van der Waals surface area contributed by atoms with Crippen molar-refractivity contribution < 1.29 is 22.7 Å². The first kappa shape index (κ1) is 17.8. The van der Waals surface area contributed by atoms with Crippen LogP contribution in [0.25, 0.3) is 0 Å². The number of anilines is 1. The van der Waals surface area contributed by atoms with E-state index in [1.807, 2.05) is 6.07 Å². The van der Waals surface area contributed by atoms with Gasteiger partial charge >= 0.3 is 0 Å². The van der Waals surface area contributed by atoms with Crippen molar-refractivity contribution in [3.8, 4) is 17.2 Å². The summed E-state index contributed by atoms with van der Waals surface area (Å²) in [6.45, 7) is 2.06. The maximum Gasteiger partial charge on any atom is 0.241 e. The van der Waals surface area contributed by atoms with E-state index >= 15 is 0 Å². The number of aromatic hydroxyl groups is 1. The molecule has 0 aliphatic rings. The summed E-state index contributed by atoms with van der Waals surface area (Å²) in [6.07, 6.45) is 1.57. The number of furan rings is 1. The Balaban J connectivity index is 1.95. The normalized spacial score (nSPS) is 11.3. The number of phenolic OH excluding ortho intramolecular Hbond substituents is 1. The first-order chi connectivity index (χ1) is 12.3. The summed E-state index contributed by atoms with van der Waals surface area (Å²) in [4.78, 5) is -0.282. The lowest BCUT2D eigenvalue weighted by atomic mass is 10.2. The smallest absolute Gasteiger partial charge is 0.241 e. The molecule has 0 amide bonds. The second-order valence-electron chi connectivity index (χ2n) is 5.69. The molecule has 0 saturated heterocycles. The van der Waals surface area contributed by atoms with Gasteiger partial charge in [0.15, 0.2) is 17.2 Å². The average Bonchev–Trinajstić information content (AvgIpc) is 3.08. The number of aryl methyl sites for hydroxylation is 1. The molecule has 0 saturated carbocycles. The number of nitrogens with one attached hydrogen (secondary N) is 1. The lowest BCUT2D eigenvalue weighted by Gasteiger charge is -2.16. The van der Waals surface area contributed by atoms with Gasteiger partial charge in [0.1, 0.15) is 10.7 Å². The van der Waals surface area contributed by atoms with Crippen LogP contribution in [-0.2, 0) is 16.6 Å². The number of phenols is 1. The van der Waals surface area contributed by atoms with Gasteiger partial charge < -0.3 is 19.6 Å². The van der Waals surface area contributed by atoms with Gasteiger partial charge in [-0.1, -0.05) is 12.1 Å². The van der Waals surface area contributed by atoms with Crippen molar-refractivity contribution in [2.24, 2.45) is 5.14 Å². The van der Waals surface area contributed by atoms with Crippen LogP contribution in [0.3, 0.4) is 0 Å². The molecule has 1 aromatic heterocycles. The zero-order valence-corrected chi connectivity index (χ0v) is 14.8. The van der Waals surface area contributed by atoms with Crippen LogP contribution in [0, 0.1) is 6.92 Å². The SMILES string of the molecule is Cc1cc(O)c(Oc2ccccc2NCc2ccco2)c(S(N)(=O)=O)c1. The first-order valence-electron chi connectivity index (χ1n) is 7.74. The van der Waals surface area contributed by atoms with Gasteiger partial charge in [-0.15, -0.1) is 0 Å². The Morgan fingerprint density at radius 1 is 1.19 bits per heavy atom. The number of rotatable bonds is 6. The van der Waals surface area contributed by atoms with Crippen LogP contribution >= 0.6 is 0 Å². The minimum atomic E-state index is -4.08. The van der Waals surface area contributed by atoms with Crippen LogP contribution in [-0.4, -0.2) is 13.5 Å². The maximum atomic E-state index is 11.9. The lowest BCUT2D eigenvalue weighted by Crippen LogP contribution is -2.13. The van der Waals surface area contributed by atoms with E-state index in [1.54, 1.807) is 43.5 Å². The number of sulfonamides is 1. The van der Waals surface area contributed by atoms with Gasteiger partial charge in [-0.25, -0.2) is 13.6 Å². The highest BCUT2D eigenvalue weighted by Gasteiger charge is 2.21. The van der Waals surface area contributed by atoms with E-state index in [1.165, 1.54) is 12.1 Å². The van der Waals surface area contributed by atoms with Gasteiger partial charge in [0.05, 0.1) is 18.5 Å². The van der Waals surface area contributed by atoms with Crippen molar-refractivity contribution in [1.82, 2.24) is 0 Å². The fourth-order valence-electron chi connectivity index (χ4n) is 2.44. The summed E-state index contributed by atoms with van der Waals surface area (Å²) < 4.78 is 34.7. The van der Waals surface area contributed by atoms with Gasteiger partial charge in [0, 0.05) is 0 Å². The first-order valence-corrected chi connectivity index (χ1v) is 9.29. The molecule has 26 heavy (non-hydrogen) atoms. The summed E-state index contributed by atoms with van der Waals surface area (Å²) in [7, 11) is -4.08. The Morgan fingerprint density at radius 3 is 2.65 bits per heavy atom. The van der Waals surface area contributed by atoms with Gasteiger partial charge in [-0.2, -0.15) is 0 Å². The fraction of sp³-hybridized carbons (Fsp3) is 0.111. The van der Waals surface area contributed by atoms with Crippen LogP contribution in [0.4, 0.5) is 5.69 Å². The number of ether oxygens (including phenoxy) is 1. The van der Waals surface area contributed by atoms with E-state index in [0.717, 1.165) is 5.76 Å². The number of nitrogens with two attached hydrogens (primary N) is 1. The van der Waals surface area contributed by atoms with Crippen molar-refractivity contribution in [2.45, 2.75) is 18.4 Å². The summed E-state index contributed by atoms with van der Waals surface area (Å²) in [5.74, 6) is 0.534. The fourth-order valence-corrected chi connectivity index (χ4v) is 3.20. The molecule has 0 atom stereocenters. The molecule has 0 unspecified atom stereocenters. The number of para-hydroxylation sites is 2. The molecule has 3 aromatic rings. The molecule has 7 nitrogen and oxygen atoms in total. The van der Waals surface area contributed by atoms with E-state index in [0.29, 0.717) is 23.5 Å². The third-order valence-electron chi connectivity index (χ3n) is 3.62. The van der Waals surface area contributed by atoms with Crippen molar-refractivity contribution in [3.63, 3.8) is 0 Å². The third kappa shape index (κ3) is 3.98. The Labute approximate surface area is 151 Å². The summed E-state index contributed by atoms with van der Waals surface area (Å²) in [6, 6.07) is 13.3. The summed E-state index contributed by atoms with van der Waals surface area (Å²) in [5, 5.41) is 18.6. The quantitative estimate of drug-likeness (QED) is 0.609. The molecule has 1 heterocycles. The Morgan fingerprint density at radius 2 is 1.96 bits per heavy atom. The monoisotopic (exact) mass is 374 g/mol. The van der Waals surface area contributed by atoms with Gasteiger partial charge in [0.25, 0.3) is 0 Å². The predicted octanol–water partition coefficient (Wildman–Crippen LogP) is 3.35. The van der Waals surface area contributed by atoms with E-state index in [2.05, 4.69) is 5.32 Å². The molecule has 0 aliphatic heterocycles. The number of primary sulfonamides is 1. The van der Waals surface area contributed by atoms with E-state index < -0.39 is 10.0 Å². The second kappa shape index (κ2) is 7.11. The van der Waals surface area contributed by atoms with E-state index in [-0.39, 0.29) is 16.4 Å². The van der Waals surface area contributed by atoms with Crippen molar-refractivity contribution >= 4 is 15.7 Å². The van der Waals surface area contributed by atoms with Crippen LogP contribution in [0.5, 0.6) is 17.2 Å².